The molecule has 0 radical (unpaired) electrons. The minimum absolute atomic E-state index is 0.0295. The third kappa shape index (κ3) is 4.56. The number of allylic oxidation sites excluding steroid dienone is 6. The van der Waals surface area contributed by atoms with E-state index in [1.54, 1.807) is 0 Å². The van der Waals surface area contributed by atoms with E-state index < -0.39 is 21.8 Å². The second-order valence-corrected chi connectivity index (χ2v) is 13.5. The lowest BCUT2D eigenvalue weighted by Crippen LogP contribution is -2.22. The van der Waals surface area contributed by atoms with Gasteiger partial charge >= 0.3 is 0 Å². The molecule has 0 N–H and O–H groups in total. The molecule has 4 aromatic rings. The van der Waals surface area contributed by atoms with Gasteiger partial charge in [0.1, 0.15) is 5.92 Å². The topological polar surface area (TPSA) is 34.1 Å². The highest BCUT2D eigenvalue weighted by Crippen LogP contribution is 2.59. The highest BCUT2D eigenvalue weighted by molar-refractivity contribution is 7.82. The van der Waals surface area contributed by atoms with Crippen molar-refractivity contribution in [3.8, 4) is 0 Å². The average molecular weight is 529 g/mol. The van der Waals surface area contributed by atoms with Crippen LogP contribution in [-0.2, 0) is 9.59 Å². The average Bonchev–Trinajstić information content (AvgIpc) is 3.58. The van der Waals surface area contributed by atoms with Gasteiger partial charge in [-0.3, -0.25) is 9.59 Å². The lowest BCUT2D eigenvalue weighted by Gasteiger charge is -2.25. The zero-order valence-corrected chi connectivity index (χ0v) is 22.6. The van der Waals surface area contributed by atoms with Crippen molar-refractivity contribution in [1.82, 2.24) is 0 Å². The minimum Gasteiger partial charge on any atom is -0.293 e. The van der Waals surface area contributed by atoms with Gasteiger partial charge in [-0.25, -0.2) is 0 Å². The van der Waals surface area contributed by atoms with E-state index in [1.807, 2.05) is 91.0 Å². The first-order valence-corrected chi connectivity index (χ1v) is 15.4. The Labute approximate surface area is 225 Å². The molecule has 0 unspecified atom stereocenters. The highest BCUT2D eigenvalue weighted by atomic mass is 31.1. The molecule has 0 saturated carbocycles. The molecule has 2 aliphatic carbocycles. The zero-order chi connectivity index (χ0) is 25.9. The summed E-state index contributed by atoms with van der Waals surface area (Å²) in [5.41, 5.74) is 0.902. The summed E-state index contributed by atoms with van der Waals surface area (Å²) in [7, 11) is -2.47. The number of carbonyl (C=O) groups is 2. The molecular formula is C34H26O2P2. The maximum atomic E-state index is 14.5. The molecule has 0 aromatic heterocycles. The van der Waals surface area contributed by atoms with Gasteiger partial charge in [-0.2, -0.15) is 0 Å². The Morgan fingerprint density at radius 1 is 0.500 bits per heavy atom. The van der Waals surface area contributed by atoms with Crippen molar-refractivity contribution in [2.75, 3.05) is 0 Å². The Kier molecular flexibility index (Phi) is 7.10. The van der Waals surface area contributed by atoms with Crippen LogP contribution in [0.15, 0.2) is 156 Å². The standard InChI is InChI=1S/C34H26O2P2/c35-31-30(25-15-13-14-16-25)32(36)34(38(28-21-9-3-10-22-28)29-23-11-4-12-24-29)33(31)37(26-17-5-1-6-18-26)27-19-7-2-8-20-27/h1-15,17-24,30H,16H2. The number of ketones is 2. The molecule has 6 rings (SSSR count). The van der Waals surface area contributed by atoms with Crippen LogP contribution in [-0.4, -0.2) is 11.6 Å². The highest BCUT2D eigenvalue weighted by Gasteiger charge is 2.48. The van der Waals surface area contributed by atoms with Gasteiger partial charge in [0.15, 0.2) is 11.6 Å². The molecule has 4 aromatic carbocycles. The van der Waals surface area contributed by atoms with Gasteiger partial charge in [-0.15, -0.1) is 0 Å². The Morgan fingerprint density at radius 3 is 1.13 bits per heavy atom. The fourth-order valence-corrected chi connectivity index (χ4v) is 10.6. The number of rotatable bonds is 7. The van der Waals surface area contributed by atoms with Gasteiger partial charge in [-0.05, 0) is 49.1 Å². The summed E-state index contributed by atoms with van der Waals surface area (Å²) in [6.45, 7) is 0. The summed E-state index contributed by atoms with van der Waals surface area (Å²) in [5, 5.41) is 5.74. The second-order valence-electron chi connectivity index (χ2n) is 9.25. The molecule has 0 amide bonds. The summed E-state index contributed by atoms with van der Waals surface area (Å²) in [5.74, 6) is -0.805. The van der Waals surface area contributed by atoms with Crippen LogP contribution in [0.1, 0.15) is 6.42 Å². The molecule has 0 fully saturated rings. The number of Topliss-reactive ketones (excluding diaryl/α,β-unsaturated/α-hetero) is 2. The van der Waals surface area contributed by atoms with E-state index in [9.17, 15) is 9.59 Å². The van der Waals surface area contributed by atoms with Crippen LogP contribution in [0.3, 0.4) is 0 Å². The Morgan fingerprint density at radius 2 is 0.842 bits per heavy atom. The first kappa shape index (κ1) is 24.6. The molecule has 0 aliphatic heterocycles. The predicted octanol–water partition coefficient (Wildman–Crippen LogP) is 6.12. The smallest absolute Gasteiger partial charge is 0.179 e. The third-order valence-electron chi connectivity index (χ3n) is 6.89. The maximum Gasteiger partial charge on any atom is 0.179 e. The van der Waals surface area contributed by atoms with Crippen LogP contribution >= 0.6 is 15.8 Å². The molecule has 2 nitrogen and oxygen atoms in total. The monoisotopic (exact) mass is 528 g/mol. The zero-order valence-electron chi connectivity index (χ0n) is 20.8. The van der Waals surface area contributed by atoms with E-state index in [1.165, 1.54) is 0 Å². The summed E-state index contributed by atoms with van der Waals surface area (Å²) < 4.78 is 0. The molecule has 4 heteroatoms. The summed E-state index contributed by atoms with van der Waals surface area (Å²) in [6.07, 6.45) is 6.59. The van der Waals surface area contributed by atoms with Crippen LogP contribution in [0.5, 0.6) is 0 Å². The molecular weight excluding hydrogens is 502 g/mol. The first-order valence-electron chi connectivity index (χ1n) is 12.7. The van der Waals surface area contributed by atoms with E-state index in [0.29, 0.717) is 17.0 Å². The van der Waals surface area contributed by atoms with Gasteiger partial charge < -0.3 is 0 Å². The molecule has 0 bridgehead atoms. The number of hydrogen-bond acceptors (Lipinski definition) is 2. The molecule has 2 aliphatic rings. The Balaban J connectivity index is 1.65. The van der Waals surface area contributed by atoms with Crippen molar-refractivity contribution >= 4 is 48.6 Å². The summed E-state index contributed by atoms with van der Waals surface area (Å²) in [4.78, 5) is 29.1. The van der Waals surface area contributed by atoms with Crippen LogP contribution < -0.4 is 21.2 Å². The lowest BCUT2D eigenvalue weighted by molar-refractivity contribution is -0.124. The van der Waals surface area contributed by atoms with Crippen molar-refractivity contribution < 1.29 is 9.59 Å². The Hall–Kier alpha value is -3.70. The summed E-state index contributed by atoms with van der Waals surface area (Å²) >= 11 is 0. The second kappa shape index (κ2) is 11.0. The molecule has 0 atom stereocenters. The lowest BCUT2D eigenvalue weighted by atomic mass is 9.94. The minimum atomic E-state index is -1.23. The van der Waals surface area contributed by atoms with Crippen LogP contribution in [0.4, 0.5) is 0 Å². The van der Waals surface area contributed by atoms with E-state index >= 15 is 0 Å². The van der Waals surface area contributed by atoms with Crippen molar-refractivity contribution in [2.45, 2.75) is 6.42 Å². The van der Waals surface area contributed by atoms with Gasteiger partial charge in [0, 0.05) is 10.6 Å². The normalized spacial score (nSPS) is 15.7. The van der Waals surface area contributed by atoms with Crippen LogP contribution in [0, 0.1) is 5.92 Å². The number of carbonyl (C=O) groups excluding carboxylic acids is 2. The molecule has 0 saturated heterocycles. The predicted molar refractivity (Wildman–Crippen MR) is 161 cm³/mol. The van der Waals surface area contributed by atoms with Crippen LogP contribution in [0.2, 0.25) is 0 Å². The van der Waals surface area contributed by atoms with Crippen molar-refractivity contribution in [3.05, 3.63) is 156 Å². The fourth-order valence-electron chi connectivity index (χ4n) is 5.20. The van der Waals surface area contributed by atoms with E-state index in [2.05, 4.69) is 48.5 Å². The maximum absolute atomic E-state index is 14.5. The number of benzene rings is 4. The summed E-state index contributed by atoms with van der Waals surface area (Å²) in [6, 6.07) is 40.9. The molecule has 184 valence electrons. The largest absolute Gasteiger partial charge is 0.293 e. The number of hydrogen-bond donors (Lipinski definition) is 0. The van der Waals surface area contributed by atoms with Crippen molar-refractivity contribution in [1.29, 1.82) is 0 Å². The SMILES string of the molecule is O=C1C(P(c2ccccc2)c2ccccc2)=C(P(c2ccccc2)c2ccccc2)C(=O)C1C1=CC=CC1. The van der Waals surface area contributed by atoms with Gasteiger partial charge in [-0.1, -0.05) is 140 Å². The van der Waals surface area contributed by atoms with Crippen molar-refractivity contribution in [3.63, 3.8) is 0 Å². The molecule has 0 spiro atoms. The van der Waals surface area contributed by atoms with E-state index in [4.69, 9.17) is 0 Å². The van der Waals surface area contributed by atoms with Gasteiger partial charge in [0.25, 0.3) is 0 Å². The van der Waals surface area contributed by atoms with E-state index in [-0.39, 0.29) is 11.6 Å². The molecule has 0 heterocycles. The molecule has 38 heavy (non-hydrogen) atoms. The Bertz CT molecular complexity index is 1370. The van der Waals surface area contributed by atoms with Gasteiger partial charge in [0.2, 0.25) is 0 Å². The van der Waals surface area contributed by atoms with Gasteiger partial charge in [0.05, 0.1) is 0 Å². The van der Waals surface area contributed by atoms with Crippen LogP contribution in [0.25, 0.3) is 0 Å². The first-order chi connectivity index (χ1) is 18.7. The quantitative estimate of drug-likeness (QED) is 0.214. The van der Waals surface area contributed by atoms with E-state index in [0.717, 1.165) is 26.8 Å². The van der Waals surface area contributed by atoms with Crippen molar-refractivity contribution in [2.24, 2.45) is 5.92 Å². The third-order valence-corrected chi connectivity index (χ3v) is 12.1. The fraction of sp³-hybridized carbons (Fsp3) is 0.0588.